The Morgan fingerprint density at radius 2 is 1.60 bits per heavy atom. The van der Waals surface area contributed by atoms with Crippen LogP contribution >= 0.6 is 0 Å². The highest BCUT2D eigenvalue weighted by Gasteiger charge is 2.30. The molecular weight excluding hydrogens is 342 g/mol. The van der Waals surface area contributed by atoms with E-state index in [1.54, 1.807) is 29.2 Å². The van der Waals surface area contributed by atoms with Crippen molar-refractivity contribution < 1.29 is 17.9 Å². The number of hydrogen-bond acceptors (Lipinski definition) is 5. The summed E-state index contributed by atoms with van der Waals surface area (Å²) in [5.74, 6) is 0.0642. The summed E-state index contributed by atoms with van der Waals surface area (Å²) in [6.45, 7) is 6.73. The lowest BCUT2D eigenvalue weighted by Crippen LogP contribution is -2.53. The largest absolute Gasteiger partial charge is 0.379 e. The number of hydrogen-bond donors (Lipinski definition) is 0. The lowest BCUT2D eigenvalue weighted by Gasteiger charge is -2.35. The number of amides is 1. The third-order valence-electron chi connectivity index (χ3n) is 4.71. The number of piperazine rings is 1. The van der Waals surface area contributed by atoms with E-state index in [0.717, 1.165) is 18.7 Å². The Labute approximate surface area is 149 Å². The summed E-state index contributed by atoms with van der Waals surface area (Å²) < 4.78 is 32.1. The van der Waals surface area contributed by atoms with Crippen LogP contribution in [-0.4, -0.2) is 87.5 Å². The average molecular weight is 367 g/mol. The Hall–Kier alpha value is -1.48. The average Bonchev–Trinajstić information content (AvgIpc) is 2.63. The molecule has 3 rings (SSSR count). The van der Waals surface area contributed by atoms with Crippen LogP contribution in [0.3, 0.4) is 0 Å². The second-order valence-corrected chi connectivity index (χ2v) is 8.42. The van der Waals surface area contributed by atoms with Crippen LogP contribution in [0.15, 0.2) is 29.2 Å². The van der Waals surface area contributed by atoms with Gasteiger partial charge in [0.25, 0.3) is 0 Å². The standard InChI is InChI=1S/C17H25N3O4S/c1-15-2-4-16(5-3-15)25(22,23)20-8-6-19(7-9-20)17(21)14-18-10-12-24-13-11-18/h2-5H,6-14H2,1H3. The lowest BCUT2D eigenvalue weighted by atomic mass is 10.2. The highest BCUT2D eigenvalue weighted by atomic mass is 32.2. The number of benzene rings is 1. The molecule has 0 radical (unpaired) electrons. The quantitative estimate of drug-likeness (QED) is 0.758. The summed E-state index contributed by atoms with van der Waals surface area (Å²) in [5.41, 5.74) is 1.03. The van der Waals surface area contributed by atoms with Crippen molar-refractivity contribution in [2.75, 3.05) is 59.0 Å². The second-order valence-electron chi connectivity index (χ2n) is 6.49. The van der Waals surface area contributed by atoms with Gasteiger partial charge < -0.3 is 9.64 Å². The van der Waals surface area contributed by atoms with Crippen LogP contribution in [0.5, 0.6) is 0 Å². The molecule has 0 spiro atoms. The molecule has 7 nitrogen and oxygen atoms in total. The van der Waals surface area contributed by atoms with Gasteiger partial charge in [0.15, 0.2) is 0 Å². The van der Waals surface area contributed by atoms with E-state index in [4.69, 9.17) is 4.74 Å². The monoisotopic (exact) mass is 367 g/mol. The van der Waals surface area contributed by atoms with Gasteiger partial charge in [0.05, 0.1) is 24.7 Å². The number of carbonyl (C=O) groups excluding carboxylic acids is 1. The molecule has 2 aliphatic rings. The minimum absolute atomic E-state index is 0.0642. The van der Waals surface area contributed by atoms with E-state index in [-0.39, 0.29) is 5.91 Å². The van der Waals surface area contributed by atoms with Crippen molar-refractivity contribution in [2.24, 2.45) is 0 Å². The maximum Gasteiger partial charge on any atom is 0.243 e. The van der Waals surface area contributed by atoms with Crippen molar-refractivity contribution in [3.05, 3.63) is 29.8 Å². The van der Waals surface area contributed by atoms with Crippen LogP contribution in [0.2, 0.25) is 0 Å². The van der Waals surface area contributed by atoms with E-state index >= 15 is 0 Å². The number of carbonyl (C=O) groups is 1. The minimum Gasteiger partial charge on any atom is -0.379 e. The van der Waals surface area contributed by atoms with Crippen molar-refractivity contribution >= 4 is 15.9 Å². The number of nitrogens with zero attached hydrogens (tertiary/aromatic N) is 3. The molecule has 0 bridgehead atoms. The van der Waals surface area contributed by atoms with Gasteiger partial charge in [0.1, 0.15) is 0 Å². The number of ether oxygens (including phenoxy) is 1. The van der Waals surface area contributed by atoms with Crippen LogP contribution in [0, 0.1) is 6.92 Å². The number of morpholine rings is 1. The molecule has 25 heavy (non-hydrogen) atoms. The molecule has 0 aliphatic carbocycles. The van der Waals surface area contributed by atoms with Crippen molar-refractivity contribution in [1.29, 1.82) is 0 Å². The summed E-state index contributed by atoms with van der Waals surface area (Å²) in [7, 11) is -3.49. The Bertz CT molecular complexity index is 691. The lowest BCUT2D eigenvalue weighted by molar-refractivity contribution is -0.134. The number of rotatable bonds is 4. The van der Waals surface area contributed by atoms with Gasteiger partial charge in [-0.2, -0.15) is 4.31 Å². The second kappa shape index (κ2) is 7.82. The molecule has 2 fully saturated rings. The summed E-state index contributed by atoms with van der Waals surface area (Å²) in [6, 6.07) is 6.88. The van der Waals surface area contributed by atoms with Crippen LogP contribution < -0.4 is 0 Å². The van der Waals surface area contributed by atoms with E-state index in [1.807, 2.05) is 6.92 Å². The van der Waals surface area contributed by atoms with E-state index in [1.165, 1.54) is 4.31 Å². The van der Waals surface area contributed by atoms with Crippen molar-refractivity contribution in [1.82, 2.24) is 14.1 Å². The molecule has 1 aromatic rings. The topological polar surface area (TPSA) is 70.2 Å². The van der Waals surface area contributed by atoms with Gasteiger partial charge in [-0.15, -0.1) is 0 Å². The molecule has 0 N–H and O–H groups in total. The van der Waals surface area contributed by atoms with Crippen molar-refractivity contribution in [3.63, 3.8) is 0 Å². The zero-order valence-corrected chi connectivity index (χ0v) is 15.4. The minimum atomic E-state index is -3.49. The summed E-state index contributed by atoms with van der Waals surface area (Å²) in [6.07, 6.45) is 0. The van der Waals surface area contributed by atoms with Crippen LogP contribution in [0.1, 0.15) is 5.56 Å². The van der Waals surface area contributed by atoms with E-state index in [0.29, 0.717) is 50.8 Å². The third kappa shape index (κ3) is 4.38. The maximum absolute atomic E-state index is 12.7. The first-order chi connectivity index (χ1) is 12.0. The molecule has 2 heterocycles. The molecule has 138 valence electrons. The predicted molar refractivity (Wildman–Crippen MR) is 93.8 cm³/mol. The Kier molecular flexibility index (Phi) is 5.73. The van der Waals surface area contributed by atoms with Crippen LogP contribution in [0.25, 0.3) is 0 Å². The molecule has 1 aromatic carbocycles. The summed E-state index contributed by atoms with van der Waals surface area (Å²) in [5, 5.41) is 0. The molecular formula is C17H25N3O4S. The zero-order valence-electron chi connectivity index (χ0n) is 14.6. The molecule has 1 amide bonds. The van der Waals surface area contributed by atoms with Gasteiger partial charge in [-0.25, -0.2) is 8.42 Å². The Balaban J connectivity index is 1.55. The molecule has 0 atom stereocenters. The SMILES string of the molecule is Cc1ccc(S(=O)(=O)N2CCN(C(=O)CN3CCOCC3)CC2)cc1. The highest BCUT2D eigenvalue weighted by molar-refractivity contribution is 7.89. The van der Waals surface area contributed by atoms with E-state index in [9.17, 15) is 13.2 Å². The smallest absolute Gasteiger partial charge is 0.243 e. The van der Waals surface area contributed by atoms with Crippen LogP contribution in [-0.2, 0) is 19.6 Å². The Morgan fingerprint density at radius 3 is 2.20 bits per heavy atom. The molecule has 0 aromatic heterocycles. The first-order valence-electron chi connectivity index (χ1n) is 8.61. The van der Waals surface area contributed by atoms with E-state index < -0.39 is 10.0 Å². The van der Waals surface area contributed by atoms with Gasteiger partial charge >= 0.3 is 0 Å². The van der Waals surface area contributed by atoms with Crippen molar-refractivity contribution in [2.45, 2.75) is 11.8 Å². The molecule has 0 unspecified atom stereocenters. The number of sulfonamides is 1. The third-order valence-corrected chi connectivity index (χ3v) is 6.63. The predicted octanol–water partition coefficient (Wildman–Crippen LogP) is 0.160. The summed E-state index contributed by atoms with van der Waals surface area (Å²) >= 11 is 0. The normalized spacial score (nSPS) is 20.6. The Morgan fingerprint density at radius 1 is 1.00 bits per heavy atom. The van der Waals surface area contributed by atoms with Gasteiger partial charge in [-0.3, -0.25) is 9.69 Å². The maximum atomic E-state index is 12.7. The fourth-order valence-corrected chi connectivity index (χ4v) is 4.51. The fourth-order valence-electron chi connectivity index (χ4n) is 3.09. The van der Waals surface area contributed by atoms with Gasteiger partial charge in [0.2, 0.25) is 15.9 Å². The first kappa shape index (κ1) is 18.3. The molecule has 0 saturated carbocycles. The van der Waals surface area contributed by atoms with Crippen molar-refractivity contribution in [3.8, 4) is 0 Å². The molecule has 2 saturated heterocycles. The van der Waals surface area contributed by atoms with Crippen LogP contribution in [0.4, 0.5) is 0 Å². The fraction of sp³-hybridized carbons (Fsp3) is 0.588. The van der Waals surface area contributed by atoms with Gasteiger partial charge in [0, 0.05) is 39.3 Å². The summed E-state index contributed by atoms with van der Waals surface area (Å²) in [4.78, 5) is 16.6. The van der Waals surface area contributed by atoms with Gasteiger partial charge in [-0.1, -0.05) is 17.7 Å². The number of aryl methyl sites for hydroxylation is 1. The first-order valence-corrected chi connectivity index (χ1v) is 10.1. The molecule has 2 aliphatic heterocycles. The molecule has 8 heteroatoms. The zero-order chi connectivity index (χ0) is 17.9. The van der Waals surface area contributed by atoms with Gasteiger partial charge in [-0.05, 0) is 19.1 Å². The van der Waals surface area contributed by atoms with E-state index in [2.05, 4.69) is 4.90 Å². The highest BCUT2D eigenvalue weighted by Crippen LogP contribution is 2.18.